The van der Waals surface area contributed by atoms with E-state index in [0.29, 0.717) is 40.9 Å². The maximum atomic E-state index is 13.1. The van der Waals surface area contributed by atoms with Crippen molar-refractivity contribution in [1.29, 1.82) is 0 Å². The molecule has 0 aliphatic carbocycles. The van der Waals surface area contributed by atoms with Crippen LogP contribution in [0.1, 0.15) is 28.2 Å². The highest BCUT2D eigenvalue weighted by molar-refractivity contribution is 7.99. The molecule has 5 rings (SSSR count). The predicted molar refractivity (Wildman–Crippen MR) is 128 cm³/mol. The Kier molecular flexibility index (Phi) is 5.49. The summed E-state index contributed by atoms with van der Waals surface area (Å²) in [6.07, 6.45) is 2.95. The number of pyridine rings is 1. The second-order valence-corrected chi connectivity index (χ2v) is 9.16. The highest BCUT2D eigenvalue weighted by atomic mass is 32.2. The monoisotopic (exact) mass is 460 g/mol. The summed E-state index contributed by atoms with van der Waals surface area (Å²) in [7, 11) is 1.86. The maximum absolute atomic E-state index is 13.1. The molecule has 0 spiro atoms. The van der Waals surface area contributed by atoms with Crippen LogP contribution in [-0.2, 0) is 24.7 Å². The number of fused-ring (bicyclic) bond motifs is 2. The number of benzene rings is 1. The van der Waals surface area contributed by atoms with Gasteiger partial charge in [-0.2, -0.15) is 0 Å². The third kappa shape index (κ3) is 3.82. The van der Waals surface area contributed by atoms with Gasteiger partial charge in [-0.15, -0.1) is 10.2 Å². The van der Waals surface area contributed by atoms with E-state index < -0.39 is 0 Å². The first kappa shape index (κ1) is 21.4. The largest absolute Gasteiger partial charge is 0.311 e. The molecule has 8 nitrogen and oxygen atoms in total. The number of hydrogen-bond acceptors (Lipinski definition) is 6. The number of anilines is 1. The molecule has 0 atom stereocenters. The van der Waals surface area contributed by atoms with Crippen LogP contribution in [-0.4, -0.2) is 42.4 Å². The molecule has 4 heterocycles. The van der Waals surface area contributed by atoms with E-state index in [2.05, 4.69) is 21.2 Å². The van der Waals surface area contributed by atoms with Gasteiger partial charge in [0.2, 0.25) is 5.91 Å². The zero-order valence-electron chi connectivity index (χ0n) is 18.8. The lowest BCUT2D eigenvalue weighted by molar-refractivity contribution is -0.116. The number of aryl methyl sites for hydroxylation is 2. The van der Waals surface area contributed by atoms with Crippen molar-refractivity contribution < 1.29 is 4.79 Å². The van der Waals surface area contributed by atoms with E-state index in [1.165, 1.54) is 17.3 Å². The number of amides is 1. The quantitative estimate of drug-likeness (QED) is 0.426. The molecule has 0 fully saturated rings. The average molecular weight is 461 g/mol. The molecule has 0 unspecified atom stereocenters. The second-order valence-electron chi connectivity index (χ2n) is 8.21. The molecule has 1 amide bonds. The van der Waals surface area contributed by atoms with Crippen LogP contribution in [0.3, 0.4) is 0 Å². The van der Waals surface area contributed by atoms with Gasteiger partial charge in [-0.1, -0.05) is 36.0 Å². The Bertz CT molecular complexity index is 1440. The number of carbonyl (C=O) groups excluding carboxylic acids is 1. The molecule has 1 aromatic carbocycles. The Labute approximate surface area is 195 Å². The normalized spacial score (nSPS) is 13.0. The van der Waals surface area contributed by atoms with Crippen LogP contribution in [0.2, 0.25) is 0 Å². The molecule has 1 aliphatic rings. The van der Waals surface area contributed by atoms with Crippen molar-refractivity contribution in [2.45, 2.75) is 31.8 Å². The van der Waals surface area contributed by atoms with Gasteiger partial charge in [0, 0.05) is 43.2 Å². The van der Waals surface area contributed by atoms with Crippen LogP contribution in [0.25, 0.3) is 5.65 Å². The molecule has 9 heteroatoms. The van der Waals surface area contributed by atoms with Gasteiger partial charge in [-0.05, 0) is 43.5 Å². The van der Waals surface area contributed by atoms with E-state index in [1.54, 1.807) is 10.6 Å². The van der Waals surface area contributed by atoms with Gasteiger partial charge in [-0.25, -0.2) is 4.98 Å². The van der Waals surface area contributed by atoms with Gasteiger partial charge in [0.1, 0.15) is 11.5 Å². The van der Waals surface area contributed by atoms with Crippen molar-refractivity contribution in [3.63, 3.8) is 0 Å². The Balaban J connectivity index is 1.33. The number of para-hydroxylation sites is 1. The minimum absolute atomic E-state index is 0.0534. The number of carbonyl (C=O) groups is 1. The topological polar surface area (TPSA) is 85.4 Å². The Morgan fingerprint density at radius 2 is 1.94 bits per heavy atom. The van der Waals surface area contributed by atoms with E-state index >= 15 is 0 Å². The highest BCUT2D eigenvalue weighted by Crippen LogP contribution is 2.28. The molecule has 4 aromatic rings. The smallest absolute Gasteiger partial charge is 0.261 e. The maximum Gasteiger partial charge on any atom is 0.261 e. The number of aromatic nitrogens is 5. The van der Waals surface area contributed by atoms with E-state index in [-0.39, 0.29) is 17.2 Å². The predicted octanol–water partition coefficient (Wildman–Crippen LogP) is 2.71. The molecule has 33 heavy (non-hydrogen) atoms. The van der Waals surface area contributed by atoms with Crippen molar-refractivity contribution in [2.75, 3.05) is 17.2 Å². The van der Waals surface area contributed by atoms with E-state index in [9.17, 15) is 9.59 Å². The SMILES string of the molecule is Cc1nc2c(C)cccn2c(=O)c1Cc1nnc(SCC(=O)N2CCc3ccccc32)n1C. The molecule has 0 saturated heterocycles. The third-order valence-corrected chi connectivity index (χ3v) is 7.13. The van der Waals surface area contributed by atoms with Gasteiger partial charge in [-0.3, -0.25) is 14.0 Å². The summed E-state index contributed by atoms with van der Waals surface area (Å²) in [4.78, 5) is 32.4. The highest BCUT2D eigenvalue weighted by Gasteiger charge is 2.25. The lowest BCUT2D eigenvalue weighted by atomic mass is 10.1. The van der Waals surface area contributed by atoms with E-state index in [4.69, 9.17) is 0 Å². The Hall–Kier alpha value is -3.46. The van der Waals surface area contributed by atoms with E-state index in [1.807, 2.05) is 60.7 Å². The molecular weight excluding hydrogens is 436 g/mol. The minimum Gasteiger partial charge on any atom is -0.311 e. The van der Waals surface area contributed by atoms with Gasteiger partial charge in [0.25, 0.3) is 5.56 Å². The fourth-order valence-electron chi connectivity index (χ4n) is 4.23. The third-order valence-electron chi connectivity index (χ3n) is 6.12. The first-order chi connectivity index (χ1) is 15.9. The molecule has 0 radical (unpaired) electrons. The molecule has 168 valence electrons. The van der Waals surface area contributed by atoms with Crippen molar-refractivity contribution in [3.05, 3.63) is 81.2 Å². The number of rotatable bonds is 5. The standard InChI is InChI=1S/C24H24N6O2S/c1-15-7-6-11-30-22(15)25-16(2)18(23(30)32)13-20-26-27-24(28(20)3)33-14-21(31)29-12-10-17-8-4-5-9-19(17)29/h4-9,11H,10,12-14H2,1-3H3. The fourth-order valence-corrected chi connectivity index (χ4v) is 5.03. The number of nitrogens with zero attached hydrogens (tertiary/aromatic N) is 6. The zero-order chi connectivity index (χ0) is 23.1. The summed E-state index contributed by atoms with van der Waals surface area (Å²) in [6, 6.07) is 11.8. The second kappa shape index (κ2) is 8.47. The van der Waals surface area contributed by atoms with Crippen LogP contribution >= 0.6 is 11.8 Å². The van der Waals surface area contributed by atoms with Crippen LogP contribution in [0, 0.1) is 13.8 Å². The lowest BCUT2D eigenvalue weighted by Gasteiger charge is -2.16. The molecule has 0 N–H and O–H groups in total. The summed E-state index contributed by atoms with van der Waals surface area (Å²) in [5, 5.41) is 9.21. The number of thioether (sulfide) groups is 1. The van der Waals surface area contributed by atoms with Gasteiger partial charge >= 0.3 is 0 Å². The lowest BCUT2D eigenvalue weighted by Crippen LogP contribution is -2.30. The molecule has 0 bridgehead atoms. The van der Waals surface area contributed by atoms with E-state index in [0.717, 1.165) is 17.7 Å². The van der Waals surface area contributed by atoms with Gasteiger partial charge in [0.05, 0.1) is 5.75 Å². The first-order valence-corrected chi connectivity index (χ1v) is 11.8. The van der Waals surface area contributed by atoms with Crippen molar-refractivity contribution in [2.24, 2.45) is 7.05 Å². The van der Waals surface area contributed by atoms with Crippen LogP contribution in [0.5, 0.6) is 0 Å². The molecule has 3 aromatic heterocycles. The number of hydrogen-bond donors (Lipinski definition) is 0. The van der Waals surface area contributed by atoms with Crippen LogP contribution in [0.4, 0.5) is 5.69 Å². The zero-order valence-corrected chi connectivity index (χ0v) is 19.6. The summed E-state index contributed by atoms with van der Waals surface area (Å²) in [5.74, 6) is 0.988. The average Bonchev–Trinajstić information content (AvgIpc) is 3.39. The van der Waals surface area contributed by atoms with Gasteiger partial charge < -0.3 is 9.47 Å². The fraction of sp³-hybridized carbons (Fsp3) is 0.292. The summed E-state index contributed by atoms with van der Waals surface area (Å²) in [5.41, 5.74) is 5.01. The van der Waals surface area contributed by atoms with Crippen molar-refractivity contribution in [3.8, 4) is 0 Å². The van der Waals surface area contributed by atoms with Crippen LogP contribution in [0.15, 0.2) is 52.5 Å². The Morgan fingerprint density at radius 3 is 2.79 bits per heavy atom. The first-order valence-electron chi connectivity index (χ1n) is 10.8. The summed E-state index contributed by atoms with van der Waals surface area (Å²) in [6.45, 7) is 4.50. The minimum atomic E-state index is -0.0960. The van der Waals surface area contributed by atoms with Crippen LogP contribution < -0.4 is 10.5 Å². The van der Waals surface area contributed by atoms with Crippen molar-refractivity contribution >= 4 is 29.0 Å². The molecule has 0 saturated carbocycles. The summed E-state index contributed by atoms with van der Waals surface area (Å²) < 4.78 is 3.43. The molecule has 1 aliphatic heterocycles. The van der Waals surface area contributed by atoms with Gasteiger partial charge in [0.15, 0.2) is 5.16 Å². The Morgan fingerprint density at radius 1 is 1.12 bits per heavy atom. The van der Waals surface area contributed by atoms with Crippen molar-refractivity contribution in [1.82, 2.24) is 24.1 Å². The summed E-state index contributed by atoms with van der Waals surface area (Å²) >= 11 is 1.36. The molecular formula is C24H24N6O2S.